The first-order chi connectivity index (χ1) is 12.6. The summed E-state index contributed by atoms with van der Waals surface area (Å²) in [7, 11) is 0. The van der Waals surface area contributed by atoms with Crippen LogP contribution in [0.4, 0.5) is 4.79 Å². The Balaban J connectivity index is 1.77. The van der Waals surface area contributed by atoms with E-state index in [0.29, 0.717) is 36.7 Å². The van der Waals surface area contributed by atoms with Crippen LogP contribution in [0.25, 0.3) is 11.3 Å². The largest absolute Gasteiger partial charge is 0.450 e. The maximum absolute atomic E-state index is 13.1. The summed E-state index contributed by atoms with van der Waals surface area (Å²) >= 11 is 0. The van der Waals surface area contributed by atoms with Gasteiger partial charge in [0.25, 0.3) is 5.91 Å². The first-order valence-electron chi connectivity index (χ1n) is 8.84. The molecule has 1 fully saturated rings. The Morgan fingerprint density at radius 3 is 2.85 bits per heavy atom. The van der Waals surface area contributed by atoms with E-state index < -0.39 is 6.09 Å². The van der Waals surface area contributed by atoms with Crippen molar-refractivity contribution < 1.29 is 18.8 Å². The summed E-state index contributed by atoms with van der Waals surface area (Å²) in [6.07, 6.45) is 1.18. The summed E-state index contributed by atoms with van der Waals surface area (Å²) in [5.74, 6) is 0.368. The molecule has 3 rings (SSSR count). The van der Waals surface area contributed by atoms with E-state index in [1.54, 1.807) is 18.7 Å². The molecule has 1 N–H and O–H groups in total. The van der Waals surface area contributed by atoms with E-state index >= 15 is 0 Å². The van der Waals surface area contributed by atoms with Crippen LogP contribution in [-0.4, -0.2) is 47.8 Å². The van der Waals surface area contributed by atoms with Crippen molar-refractivity contribution in [3.8, 4) is 11.3 Å². The third kappa shape index (κ3) is 3.87. The average molecular weight is 357 g/mol. The van der Waals surface area contributed by atoms with Crippen LogP contribution in [0.1, 0.15) is 35.9 Å². The lowest BCUT2D eigenvalue weighted by molar-refractivity contribution is 0.0685. The van der Waals surface area contributed by atoms with Gasteiger partial charge in [-0.25, -0.2) is 4.79 Å². The summed E-state index contributed by atoms with van der Waals surface area (Å²) in [4.78, 5) is 26.5. The Kier molecular flexibility index (Phi) is 5.55. The van der Waals surface area contributed by atoms with Crippen LogP contribution >= 0.6 is 0 Å². The van der Waals surface area contributed by atoms with Crippen molar-refractivity contribution in [3.05, 3.63) is 41.7 Å². The minimum absolute atomic E-state index is 0.118. The molecule has 1 saturated heterocycles. The fraction of sp³-hybridized carbons (Fsp3) is 0.421. The molecule has 2 amide bonds. The number of aryl methyl sites for hydroxylation is 1. The molecule has 1 aromatic carbocycles. The molecule has 0 radical (unpaired) electrons. The van der Waals surface area contributed by atoms with Crippen LogP contribution in [0.2, 0.25) is 0 Å². The van der Waals surface area contributed by atoms with Crippen molar-refractivity contribution in [3.63, 3.8) is 0 Å². The molecule has 26 heavy (non-hydrogen) atoms. The van der Waals surface area contributed by atoms with E-state index in [1.165, 1.54) is 0 Å². The van der Waals surface area contributed by atoms with Crippen molar-refractivity contribution in [2.24, 2.45) is 0 Å². The molecule has 7 heteroatoms. The van der Waals surface area contributed by atoms with Crippen LogP contribution in [0.3, 0.4) is 0 Å². The van der Waals surface area contributed by atoms with Gasteiger partial charge in [0, 0.05) is 24.7 Å². The van der Waals surface area contributed by atoms with E-state index in [-0.39, 0.29) is 11.9 Å². The van der Waals surface area contributed by atoms with Gasteiger partial charge in [0.15, 0.2) is 0 Å². The summed E-state index contributed by atoms with van der Waals surface area (Å²) in [5, 5.41) is 6.90. The molecule has 1 aromatic heterocycles. The third-order valence-corrected chi connectivity index (χ3v) is 4.43. The molecule has 1 atom stereocenters. The molecule has 1 aliphatic heterocycles. The van der Waals surface area contributed by atoms with E-state index in [9.17, 15) is 9.59 Å². The minimum atomic E-state index is -0.446. The van der Waals surface area contributed by atoms with Gasteiger partial charge in [-0.2, -0.15) is 0 Å². The van der Waals surface area contributed by atoms with Gasteiger partial charge in [-0.05, 0) is 26.7 Å². The van der Waals surface area contributed by atoms with Gasteiger partial charge >= 0.3 is 6.09 Å². The summed E-state index contributed by atoms with van der Waals surface area (Å²) < 4.78 is 10.2. The molecule has 2 heterocycles. The molecule has 2 aromatic rings. The van der Waals surface area contributed by atoms with Crippen molar-refractivity contribution in [1.82, 2.24) is 15.4 Å². The lowest BCUT2D eigenvalue weighted by Gasteiger charge is -2.33. The monoisotopic (exact) mass is 357 g/mol. The van der Waals surface area contributed by atoms with Crippen LogP contribution in [0, 0.1) is 6.92 Å². The van der Waals surface area contributed by atoms with Crippen molar-refractivity contribution in [1.29, 1.82) is 0 Å². The molecule has 0 bridgehead atoms. The van der Waals surface area contributed by atoms with Crippen LogP contribution in [0.5, 0.6) is 0 Å². The number of carbonyl (C=O) groups excluding carboxylic acids is 2. The number of nitrogens with zero attached hydrogens (tertiary/aromatic N) is 2. The smallest absolute Gasteiger partial charge is 0.407 e. The number of piperidine rings is 1. The molecule has 1 unspecified atom stereocenters. The topological polar surface area (TPSA) is 84.7 Å². The number of amides is 2. The average Bonchev–Trinajstić information content (AvgIpc) is 3.03. The van der Waals surface area contributed by atoms with Gasteiger partial charge < -0.3 is 19.5 Å². The lowest BCUT2D eigenvalue weighted by atomic mass is 10.0. The van der Waals surface area contributed by atoms with E-state index in [0.717, 1.165) is 18.4 Å². The highest BCUT2D eigenvalue weighted by atomic mass is 16.5. The molecule has 7 nitrogen and oxygen atoms in total. The second-order valence-corrected chi connectivity index (χ2v) is 6.28. The highest BCUT2D eigenvalue weighted by Gasteiger charge is 2.30. The number of hydrogen-bond acceptors (Lipinski definition) is 5. The maximum atomic E-state index is 13.1. The predicted octanol–water partition coefficient (Wildman–Crippen LogP) is 3.00. The Bertz CT molecular complexity index is 772. The summed E-state index contributed by atoms with van der Waals surface area (Å²) in [6.45, 7) is 4.90. The van der Waals surface area contributed by atoms with Crippen molar-refractivity contribution in [2.45, 2.75) is 32.7 Å². The molecule has 0 spiro atoms. The number of nitrogens with one attached hydrogen (secondary N) is 1. The van der Waals surface area contributed by atoms with Crippen LogP contribution in [0.15, 0.2) is 34.9 Å². The minimum Gasteiger partial charge on any atom is -0.450 e. The highest BCUT2D eigenvalue weighted by molar-refractivity contribution is 6.00. The Morgan fingerprint density at radius 2 is 2.12 bits per heavy atom. The number of alkyl carbamates (subject to hydrolysis) is 1. The fourth-order valence-corrected chi connectivity index (χ4v) is 3.19. The Morgan fingerprint density at radius 1 is 1.35 bits per heavy atom. The first kappa shape index (κ1) is 18.0. The number of ether oxygens (including phenoxy) is 1. The molecule has 138 valence electrons. The second-order valence-electron chi connectivity index (χ2n) is 6.28. The zero-order chi connectivity index (χ0) is 18.5. The van der Waals surface area contributed by atoms with Crippen molar-refractivity contribution in [2.75, 3.05) is 19.7 Å². The van der Waals surface area contributed by atoms with Crippen LogP contribution in [-0.2, 0) is 4.74 Å². The van der Waals surface area contributed by atoms with Gasteiger partial charge in [-0.1, -0.05) is 35.5 Å². The zero-order valence-corrected chi connectivity index (χ0v) is 15.0. The number of rotatable bonds is 4. The molecule has 1 aliphatic rings. The van der Waals surface area contributed by atoms with E-state index in [1.807, 2.05) is 30.3 Å². The second kappa shape index (κ2) is 8.03. The fourth-order valence-electron chi connectivity index (χ4n) is 3.19. The first-order valence-corrected chi connectivity index (χ1v) is 8.84. The quantitative estimate of drug-likeness (QED) is 0.909. The Labute approximate surface area is 152 Å². The number of likely N-dealkylation sites (tertiary alicyclic amines) is 1. The van der Waals surface area contributed by atoms with Gasteiger partial charge in [-0.15, -0.1) is 0 Å². The number of benzene rings is 1. The summed E-state index contributed by atoms with van der Waals surface area (Å²) in [6, 6.07) is 9.38. The number of hydrogen-bond donors (Lipinski definition) is 1. The van der Waals surface area contributed by atoms with E-state index in [2.05, 4.69) is 10.5 Å². The van der Waals surface area contributed by atoms with Crippen LogP contribution < -0.4 is 5.32 Å². The van der Waals surface area contributed by atoms with Gasteiger partial charge in [-0.3, -0.25) is 4.79 Å². The molecular weight excluding hydrogens is 334 g/mol. The highest BCUT2D eigenvalue weighted by Crippen LogP contribution is 2.27. The molecular formula is C19H23N3O4. The van der Waals surface area contributed by atoms with E-state index in [4.69, 9.17) is 9.26 Å². The molecule has 0 saturated carbocycles. The SMILES string of the molecule is CCOC(=O)NC1CCCN(C(=O)c2c(-c3ccccc3)noc2C)C1. The predicted molar refractivity (Wildman–Crippen MR) is 95.8 cm³/mol. The summed E-state index contributed by atoms with van der Waals surface area (Å²) in [5.41, 5.74) is 1.87. The standard InChI is InChI=1S/C19H23N3O4/c1-3-25-19(24)20-15-10-7-11-22(12-15)18(23)16-13(2)26-21-17(16)14-8-5-4-6-9-14/h4-6,8-9,15H,3,7,10-12H2,1-2H3,(H,20,24). The maximum Gasteiger partial charge on any atom is 0.407 e. The van der Waals surface area contributed by atoms with Gasteiger partial charge in [0.1, 0.15) is 17.0 Å². The lowest BCUT2D eigenvalue weighted by Crippen LogP contribution is -2.49. The Hall–Kier alpha value is -2.83. The third-order valence-electron chi connectivity index (χ3n) is 4.43. The molecule has 0 aliphatic carbocycles. The van der Waals surface area contributed by atoms with Gasteiger partial charge in [0.05, 0.1) is 6.61 Å². The number of carbonyl (C=O) groups is 2. The zero-order valence-electron chi connectivity index (χ0n) is 15.0. The van der Waals surface area contributed by atoms with Gasteiger partial charge in [0.2, 0.25) is 0 Å². The normalized spacial score (nSPS) is 17.0. The van der Waals surface area contributed by atoms with Crippen molar-refractivity contribution >= 4 is 12.0 Å². The number of aromatic nitrogens is 1.